The normalized spacial score (nSPS) is 9.89. The number of nitrogens with zero attached hydrogens (tertiary/aromatic N) is 2. The van der Waals surface area contributed by atoms with Gasteiger partial charge in [-0.1, -0.05) is 0 Å². The first kappa shape index (κ1) is 14.2. The summed E-state index contributed by atoms with van der Waals surface area (Å²) >= 11 is 1.00. The van der Waals surface area contributed by atoms with Gasteiger partial charge >= 0.3 is 5.97 Å². The quantitative estimate of drug-likeness (QED) is 0.779. The summed E-state index contributed by atoms with van der Waals surface area (Å²) in [6.45, 7) is 1.75. The molecule has 18 heavy (non-hydrogen) atoms. The molecule has 0 aromatic carbocycles. The molecule has 0 radical (unpaired) electrons. The fraction of sp³-hybridized carbons (Fsp3) is 0.400. The van der Waals surface area contributed by atoms with Gasteiger partial charge in [-0.25, -0.2) is 4.98 Å². The van der Waals surface area contributed by atoms with Crippen LogP contribution in [0.3, 0.4) is 0 Å². The monoisotopic (exact) mass is 271 g/mol. The van der Waals surface area contributed by atoms with Gasteiger partial charge in [0.15, 0.2) is 0 Å². The van der Waals surface area contributed by atoms with Crippen LogP contribution >= 0.6 is 11.8 Å². The lowest BCUT2D eigenvalue weighted by Gasteiger charge is -2.05. The van der Waals surface area contributed by atoms with Crippen LogP contribution in [-0.2, 0) is 9.59 Å². The Morgan fingerprint density at radius 2 is 2.17 bits per heavy atom. The number of amides is 1. The fourth-order valence-electron chi connectivity index (χ4n) is 1.09. The highest BCUT2D eigenvalue weighted by Gasteiger charge is 2.08. The molecule has 1 rings (SSSR count). The molecular weight excluding hydrogens is 258 g/mol. The number of carboxylic acids is 1. The van der Waals surface area contributed by atoms with Gasteiger partial charge in [0.1, 0.15) is 0 Å². The number of methoxy groups -OCH3 is 1. The summed E-state index contributed by atoms with van der Waals surface area (Å²) in [5, 5.41) is 10.9. The summed E-state index contributed by atoms with van der Waals surface area (Å²) in [5.41, 5.74) is 0.662. The summed E-state index contributed by atoms with van der Waals surface area (Å²) in [6.07, 6.45) is 0. The molecule has 7 nitrogen and oxygen atoms in total. The largest absolute Gasteiger partial charge is 0.481 e. The second-order valence-corrected chi connectivity index (χ2v) is 4.30. The maximum atomic E-state index is 11.5. The van der Waals surface area contributed by atoms with Crippen LogP contribution in [0.15, 0.2) is 6.07 Å². The van der Waals surface area contributed by atoms with Crippen molar-refractivity contribution in [2.24, 2.45) is 0 Å². The summed E-state index contributed by atoms with van der Waals surface area (Å²) in [4.78, 5) is 29.7. The Bertz CT molecular complexity index is 453. The number of anilines is 1. The smallest absolute Gasteiger partial charge is 0.313 e. The standard InChI is InChI=1S/C10H13N3O4S/c1-6-3-8(17-2)13-10(11-6)12-7(14)4-18-5-9(15)16/h3H,4-5H2,1-2H3,(H,15,16)(H,11,12,13,14). The molecule has 2 N–H and O–H groups in total. The minimum absolute atomic E-state index is 0.0336. The zero-order valence-corrected chi connectivity index (χ0v) is 10.8. The first-order valence-corrected chi connectivity index (χ1v) is 6.16. The third-order valence-electron chi connectivity index (χ3n) is 1.75. The predicted octanol–water partition coefficient (Wildman–Crippen LogP) is 0.550. The minimum Gasteiger partial charge on any atom is -0.481 e. The Balaban J connectivity index is 2.53. The Morgan fingerprint density at radius 3 is 2.78 bits per heavy atom. The molecule has 0 aliphatic heterocycles. The Morgan fingerprint density at radius 1 is 1.44 bits per heavy atom. The van der Waals surface area contributed by atoms with E-state index >= 15 is 0 Å². The number of aryl methyl sites for hydroxylation is 1. The fourth-order valence-corrected chi connectivity index (χ4v) is 1.63. The van der Waals surface area contributed by atoms with Gasteiger partial charge in [-0.15, -0.1) is 11.8 Å². The van der Waals surface area contributed by atoms with E-state index in [0.717, 1.165) is 11.8 Å². The second kappa shape index (κ2) is 6.80. The van der Waals surface area contributed by atoms with Crippen LogP contribution in [0, 0.1) is 6.92 Å². The number of nitrogens with one attached hydrogen (secondary N) is 1. The topological polar surface area (TPSA) is 101 Å². The molecule has 98 valence electrons. The number of carbonyl (C=O) groups excluding carboxylic acids is 1. The number of rotatable bonds is 6. The van der Waals surface area contributed by atoms with Gasteiger partial charge < -0.3 is 9.84 Å². The number of aliphatic carboxylic acids is 1. The third kappa shape index (κ3) is 5.00. The maximum Gasteiger partial charge on any atom is 0.313 e. The van der Waals surface area contributed by atoms with Gasteiger partial charge in [-0.3, -0.25) is 14.9 Å². The van der Waals surface area contributed by atoms with Crippen LogP contribution in [-0.4, -0.2) is 45.6 Å². The lowest BCUT2D eigenvalue weighted by molar-refractivity contribution is -0.133. The molecule has 0 aliphatic carbocycles. The molecule has 1 aromatic heterocycles. The van der Waals surface area contributed by atoms with Crippen molar-refractivity contribution in [1.29, 1.82) is 0 Å². The highest BCUT2D eigenvalue weighted by molar-refractivity contribution is 8.00. The number of carboxylic acid groups (broad SMARTS) is 1. The molecule has 0 atom stereocenters. The van der Waals surface area contributed by atoms with Gasteiger partial charge in [0.05, 0.1) is 18.6 Å². The lowest BCUT2D eigenvalue weighted by Crippen LogP contribution is -2.17. The zero-order valence-electron chi connectivity index (χ0n) is 9.97. The van der Waals surface area contributed by atoms with E-state index in [9.17, 15) is 9.59 Å². The first-order valence-electron chi connectivity index (χ1n) is 5.00. The Hall–Kier alpha value is -1.83. The molecule has 0 fully saturated rings. The highest BCUT2D eigenvalue weighted by atomic mass is 32.2. The first-order chi connectivity index (χ1) is 8.51. The number of hydrogen-bond acceptors (Lipinski definition) is 6. The van der Waals surface area contributed by atoms with Crippen molar-refractivity contribution in [2.75, 3.05) is 23.9 Å². The number of carbonyl (C=O) groups is 2. The van der Waals surface area contributed by atoms with Crippen LogP contribution in [0.2, 0.25) is 0 Å². The van der Waals surface area contributed by atoms with E-state index in [1.54, 1.807) is 13.0 Å². The Kier molecular flexibility index (Phi) is 5.37. The minimum atomic E-state index is -0.957. The van der Waals surface area contributed by atoms with E-state index in [0.29, 0.717) is 11.6 Å². The van der Waals surface area contributed by atoms with Gasteiger partial charge in [-0.2, -0.15) is 4.98 Å². The maximum absolute atomic E-state index is 11.5. The summed E-state index contributed by atoms with van der Waals surface area (Å²) in [7, 11) is 1.47. The van der Waals surface area contributed by atoms with Crippen molar-refractivity contribution in [3.8, 4) is 5.88 Å². The molecule has 0 spiro atoms. The van der Waals surface area contributed by atoms with Crippen molar-refractivity contribution in [3.05, 3.63) is 11.8 Å². The van der Waals surface area contributed by atoms with E-state index < -0.39 is 5.97 Å². The van der Waals surface area contributed by atoms with Crippen LogP contribution in [0.5, 0.6) is 5.88 Å². The molecule has 0 saturated carbocycles. The molecule has 0 saturated heterocycles. The molecule has 8 heteroatoms. The lowest BCUT2D eigenvalue weighted by atomic mass is 10.4. The average molecular weight is 271 g/mol. The summed E-state index contributed by atoms with van der Waals surface area (Å²) < 4.78 is 4.94. The highest BCUT2D eigenvalue weighted by Crippen LogP contribution is 2.11. The number of hydrogen-bond donors (Lipinski definition) is 2. The van der Waals surface area contributed by atoms with Gasteiger partial charge in [0.25, 0.3) is 0 Å². The van der Waals surface area contributed by atoms with E-state index in [1.165, 1.54) is 7.11 Å². The van der Waals surface area contributed by atoms with Crippen molar-refractivity contribution >= 4 is 29.6 Å². The van der Waals surface area contributed by atoms with Crippen LogP contribution in [0.1, 0.15) is 5.69 Å². The van der Waals surface area contributed by atoms with E-state index in [2.05, 4.69) is 15.3 Å². The predicted molar refractivity (Wildman–Crippen MR) is 66.9 cm³/mol. The van der Waals surface area contributed by atoms with E-state index in [1.807, 2.05) is 0 Å². The van der Waals surface area contributed by atoms with E-state index in [4.69, 9.17) is 9.84 Å². The van der Waals surface area contributed by atoms with Crippen molar-refractivity contribution < 1.29 is 19.4 Å². The molecule has 1 amide bonds. The molecular formula is C10H13N3O4S. The van der Waals surface area contributed by atoms with Crippen LogP contribution in [0.25, 0.3) is 0 Å². The summed E-state index contributed by atoms with van der Waals surface area (Å²) in [6, 6.07) is 1.63. The third-order valence-corrected chi connectivity index (χ3v) is 2.67. The van der Waals surface area contributed by atoms with Crippen molar-refractivity contribution in [1.82, 2.24) is 9.97 Å². The Labute approximate surface area is 108 Å². The van der Waals surface area contributed by atoms with Gasteiger partial charge in [0.2, 0.25) is 17.7 Å². The van der Waals surface area contributed by atoms with Crippen molar-refractivity contribution in [2.45, 2.75) is 6.92 Å². The average Bonchev–Trinajstić information content (AvgIpc) is 2.27. The van der Waals surface area contributed by atoms with E-state index in [-0.39, 0.29) is 23.4 Å². The molecule has 0 unspecified atom stereocenters. The summed E-state index contributed by atoms with van der Waals surface area (Å²) in [5.74, 6) is -0.893. The SMILES string of the molecule is COc1cc(C)nc(NC(=O)CSCC(=O)O)n1. The number of ether oxygens (including phenoxy) is 1. The molecule has 0 aliphatic rings. The number of aromatic nitrogens is 2. The zero-order chi connectivity index (χ0) is 13.5. The van der Waals surface area contributed by atoms with Gasteiger partial charge in [0, 0.05) is 11.8 Å². The van der Waals surface area contributed by atoms with Crippen LogP contribution in [0.4, 0.5) is 5.95 Å². The van der Waals surface area contributed by atoms with Crippen LogP contribution < -0.4 is 10.1 Å². The molecule has 1 aromatic rings. The van der Waals surface area contributed by atoms with Gasteiger partial charge in [-0.05, 0) is 6.92 Å². The molecule has 1 heterocycles. The number of thioether (sulfide) groups is 1. The molecule has 0 bridgehead atoms. The van der Waals surface area contributed by atoms with Crippen molar-refractivity contribution in [3.63, 3.8) is 0 Å². The second-order valence-electron chi connectivity index (χ2n) is 3.31.